The van der Waals surface area contributed by atoms with E-state index in [-0.39, 0.29) is 12.4 Å². The number of pyridine rings is 1. The molecule has 4 rings (SSSR count). The summed E-state index contributed by atoms with van der Waals surface area (Å²) in [5, 5.41) is 13.1. The van der Waals surface area contributed by atoms with Gasteiger partial charge in [-0.2, -0.15) is 0 Å². The maximum Gasteiger partial charge on any atom is 0.188 e. The largest absolute Gasteiger partial charge is 0.395 e. The molecule has 1 aliphatic heterocycles. The van der Waals surface area contributed by atoms with Gasteiger partial charge in [-0.25, -0.2) is 14.4 Å². The maximum absolute atomic E-state index is 13.1. The summed E-state index contributed by atoms with van der Waals surface area (Å²) in [6.07, 6.45) is 3.58. The first-order chi connectivity index (χ1) is 13.7. The van der Waals surface area contributed by atoms with Crippen LogP contribution in [0.4, 0.5) is 21.0 Å². The third-order valence-electron chi connectivity index (χ3n) is 4.77. The smallest absolute Gasteiger partial charge is 0.188 e. The fourth-order valence-electron chi connectivity index (χ4n) is 3.24. The molecular formula is C20H22FN5OS. The quantitative estimate of drug-likeness (QED) is 0.664. The molecule has 2 aromatic heterocycles. The summed E-state index contributed by atoms with van der Waals surface area (Å²) in [5.41, 5.74) is 2.06. The number of piperazine rings is 1. The summed E-state index contributed by atoms with van der Waals surface area (Å²) in [6.45, 7) is 4.68. The van der Waals surface area contributed by atoms with Crippen molar-refractivity contribution in [1.82, 2.24) is 14.9 Å². The summed E-state index contributed by atoms with van der Waals surface area (Å²) in [7, 11) is 0. The predicted octanol–water partition coefficient (Wildman–Crippen LogP) is 3.20. The van der Waals surface area contributed by atoms with Crippen LogP contribution in [0.1, 0.15) is 0 Å². The Kier molecular flexibility index (Phi) is 5.80. The SMILES string of the molecule is OCCN1CCN(c2ccnc(Nc3ncc(-c4ccc(F)cc4)s3)c2)CC1. The Morgan fingerprint density at radius 2 is 1.86 bits per heavy atom. The molecular weight excluding hydrogens is 377 g/mol. The average molecular weight is 399 g/mol. The molecule has 3 aromatic rings. The van der Waals surface area contributed by atoms with Crippen LogP contribution in [0, 0.1) is 5.82 Å². The van der Waals surface area contributed by atoms with E-state index in [1.54, 1.807) is 24.5 Å². The number of thiazole rings is 1. The molecule has 0 saturated carbocycles. The van der Waals surface area contributed by atoms with E-state index in [0.29, 0.717) is 0 Å². The van der Waals surface area contributed by atoms with Crippen molar-refractivity contribution in [3.05, 3.63) is 54.6 Å². The molecule has 1 saturated heterocycles. The maximum atomic E-state index is 13.1. The van der Waals surface area contributed by atoms with Crippen LogP contribution in [-0.4, -0.2) is 59.3 Å². The molecule has 1 aliphatic rings. The second-order valence-corrected chi connectivity index (χ2v) is 7.64. The zero-order valence-corrected chi connectivity index (χ0v) is 16.2. The molecule has 0 bridgehead atoms. The first kappa shape index (κ1) is 18.8. The average Bonchev–Trinajstić information content (AvgIpc) is 3.18. The van der Waals surface area contributed by atoms with Crippen LogP contribution in [0.25, 0.3) is 10.4 Å². The zero-order valence-electron chi connectivity index (χ0n) is 15.4. The van der Waals surface area contributed by atoms with E-state index >= 15 is 0 Å². The second kappa shape index (κ2) is 8.64. The van der Waals surface area contributed by atoms with Crippen molar-refractivity contribution < 1.29 is 9.50 Å². The van der Waals surface area contributed by atoms with Gasteiger partial charge >= 0.3 is 0 Å². The van der Waals surface area contributed by atoms with Crippen molar-refractivity contribution >= 4 is 28.0 Å². The number of aliphatic hydroxyl groups is 1. The van der Waals surface area contributed by atoms with Gasteiger partial charge in [0.15, 0.2) is 5.13 Å². The number of nitrogens with one attached hydrogen (secondary N) is 1. The number of β-amino-alcohol motifs (C(OH)–C–C–N with tert-alkyl or cyclic N) is 1. The van der Waals surface area contributed by atoms with Crippen LogP contribution < -0.4 is 10.2 Å². The number of rotatable bonds is 6. The van der Waals surface area contributed by atoms with E-state index in [9.17, 15) is 4.39 Å². The van der Waals surface area contributed by atoms with Crippen LogP contribution in [-0.2, 0) is 0 Å². The topological polar surface area (TPSA) is 64.5 Å². The van der Waals surface area contributed by atoms with E-state index in [1.165, 1.54) is 23.5 Å². The molecule has 3 heterocycles. The normalized spacial score (nSPS) is 15.0. The molecule has 146 valence electrons. The number of hydrogen-bond donors (Lipinski definition) is 2. The van der Waals surface area contributed by atoms with Crippen molar-refractivity contribution in [3.8, 4) is 10.4 Å². The lowest BCUT2D eigenvalue weighted by Crippen LogP contribution is -2.47. The number of benzene rings is 1. The van der Waals surface area contributed by atoms with Crippen molar-refractivity contribution in [1.29, 1.82) is 0 Å². The zero-order chi connectivity index (χ0) is 19.3. The number of anilines is 3. The molecule has 2 N–H and O–H groups in total. The lowest BCUT2D eigenvalue weighted by atomic mass is 10.2. The van der Waals surface area contributed by atoms with Crippen molar-refractivity contribution in [2.45, 2.75) is 0 Å². The van der Waals surface area contributed by atoms with Gasteiger partial charge in [-0.15, -0.1) is 0 Å². The summed E-state index contributed by atoms with van der Waals surface area (Å²) in [5.74, 6) is 0.500. The Bertz CT molecular complexity index is 909. The third-order valence-corrected chi connectivity index (χ3v) is 5.73. The molecule has 6 nitrogen and oxygen atoms in total. The van der Waals surface area contributed by atoms with Crippen LogP contribution in [0.5, 0.6) is 0 Å². The van der Waals surface area contributed by atoms with Crippen molar-refractivity contribution in [2.24, 2.45) is 0 Å². The van der Waals surface area contributed by atoms with Crippen LogP contribution in [0.15, 0.2) is 48.8 Å². The fourth-order valence-corrected chi connectivity index (χ4v) is 4.07. The Hall–Kier alpha value is -2.55. The third kappa shape index (κ3) is 4.46. The number of halogens is 1. The Morgan fingerprint density at radius 1 is 1.07 bits per heavy atom. The second-order valence-electron chi connectivity index (χ2n) is 6.61. The van der Waals surface area contributed by atoms with Gasteiger partial charge in [-0.3, -0.25) is 4.90 Å². The summed E-state index contributed by atoms with van der Waals surface area (Å²) < 4.78 is 13.1. The minimum Gasteiger partial charge on any atom is -0.395 e. The number of aromatic nitrogens is 2. The van der Waals surface area contributed by atoms with E-state index in [0.717, 1.165) is 59.8 Å². The lowest BCUT2D eigenvalue weighted by molar-refractivity contribution is 0.189. The van der Waals surface area contributed by atoms with Gasteiger partial charge in [0, 0.05) is 56.9 Å². The summed E-state index contributed by atoms with van der Waals surface area (Å²) in [4.78, 5) is 14.4. The highest BCUT2D eigenvalue weighted by Crippen LogP contribution is 2.31. The molecule has 0 atom stereocenters. The highest BCUT2D eigenvalue weighted by molar-refractivity contribution is 7.18. The molecule has 0 aliphatic carbocycles. The van der Waals surface area contributed by atoms with Gasteiger partial charge in [-0.05, 0) is 23.8 Å². The molecule has 1 aromatic carbocycles. The molecule has 0 amide bonds. The van der Waals surface area contributed by atoms with E-state index in [1.807, 2.05) is 12.1 Å². The van der Waals surface area contributed by atoms with E-state index in [4.69, 9.17) is 5.11 Å². The fraction of sp³-hybridized carbons (Fsp3) is 0.300. The summed E-state index contributed by atoms with van der Waals surface area (Å²) in [6, 6.07) is 10.4. The number of aliphatic hydroxyl groups excluding tert-OH is 1. The van der Waals surface area contributed by atoms with Crippen LogP contribution >= 0.6 is 11.3 Å². The van der Waals surface area contributed by atoms with E-state index in [2.05, 4.69) is 25.1 Å². The van der Waals surface area contributed by atoms with Gasteiger partial charge in [0.25, 0.3) is 0 Å². The first-order valence-corrected chi connectivity index (χ1v) is 10.1. The van der Waals surface area contributed by atoms with Gasteiger partial charge in [0.05, 0.1) is 11.5 Å². The molecule has 0 radical (unpaired) electrons. The number of nitrogens with zero attached hydrogens (tertiary/aromatic N) is 4. The van der Waals surface area contributed by atoms with Crippen LogP contribution in [0.3, 0.4) is 0 Å². The van der Waals surface area contributed by atoms with E-state index < -0.39 is 0 Å². The molecule has 8 heteroatoms. The molecule has 0 unspecified atom stereocenters. The standard InChI is InChI=1S/C20H22FN5OS/c21-16-3-1-15(2-4-16)18-14-23-20(28-18)24-19-13-17(5-6-22-19)26-9-7-25(8-10-26)11-12-27/h1-6,13-14,27H,7-12H2,(H,22,23,24). The Balaban J connectivity index is 1.42. The minimum absolute atomic E-state index is 0.205. The Morgan fingerprint density at radius 3 is 2.61 bits per heavy atom. The minimum atomic E-state index is -0.246. The first-order valence-electron chi connectivity index (χ1n) is 9.24. The molecule has 1 fully saturated rings. The highest BCUT2D eigenvalue weighted by Gasteiger charge is 2.17. The van der Waals surface area contributed by atoms with Gasteiger partial charge < -0.3 is 15.3 Å². The predicted molar refractivity (Wildman–Crippen MR) is 111 cm³/mol. The van der Waals surface area contributed by atoms with Crippen molar-refractivity contribution in [2.75, 3.05) is 49.5 Å². The van der Waals surface area contributed by atoms with Crippen molar-refractivity contribution in [3.63, 3.8) is 0 Å². The molecule has 28 heavy (non-hydrogen) atoms. The monoisotopic (exact) mass is 399 g/mol. The summed E-state index contributed by atoms with van der Waals surface area (Å²) >= 11 is 1.51. The number of hydrogen-bond acceptors (Lipinski definition) is 7. The van der Waals surface area contributed by atoms with Gasteiger partial charge in [0.2, 0.25) is 0 Å². The van der Waals surface area contributed by atoms with Crippen LogP contribution in [0.2, 0.25) is 0 Å². The highest BCUT2D eigenvalue weighted by atomic mass is 32.1. The van der Waals surface area contributed by atoms with Gasteiger partial charge in [-0.1, -0.05) is 23.5 Å². The van der Waals surface area contributed by atoms with Gasteiger partial charge in [0.1, 0.15) is 11.6 Å². The molecule has 0 spiro atoms. The Labute approximate surface area is 167 Å². The lowest BCUT2D eigenvalue weighted by Gasteiger charge is -2.35.